The zero-order valence-electron chi connectivity index (χ0n) is 17.0. The smallest absolute Gasteiger partial charge is 0.241 e. The van der Waals surface area contributed by atoms with Gasteiger partial charge in [0.1, 0.15) is 13.2 Å². The van der Waals surface area contributed by atoms with E-state index in [0.717, 1.165) is 44.6 Å². The number of fused-ring (bicyclic) bond motifs is 2. The lowest BCUT2D eigenvalue weighted by Gasteiger charge is -2.32. The van der Waals surface area contributed by atoms with Crippen molar-refractivity contribution >= 4 is 17.4 Å². The fourth-order valence-corrected chi connectivity index (χ4v) is 4.66. The van der Waals surface area contributed by atoms with Crippen LogP contribution in [0.5, 0.6) is 11.5 Å². The minimum absolute atomic E-state index is 0.00794. The Balaban J connectivity index is 1.17. The first-order chi connectivity index (χ1) is 14.7. The Hall–Kier alpha value is -2.86. The molecule has 3 aliphatic heterocycles. The summed E-state index contributed by atoms with van der Waals surface area (Å²) in [7, 11) is 0. The molecular formula is C24H26N2O4. The van der Waals surface area contributed by atoms with Gasteiger partial charge in [-0.2, -0.15) is 0 Å². The Bertz CT molecular complexity index is 965. The van der Waals surface area contributed by atoms with E-state index in [1.807, 2.05) is 35.2 Å². The molecule has 0 saturated carbocycles. The first kappa shape index (κ1) is 19.1. The number of ether oxygens (including phenoxy) is 2. The molecule has 0 bridgehead atoms. The third-order valence-corrected chi connectivity index (χ3v) is 6.33. The molecule has 2 aromatic carbocycles. The van der Waals surface area contributed by atoms with Crippen LogP contribution in [0.3, 0.4) is 0 Å². The second-order valence-corrected chi connectivity index (χ2v) is 8.20. The van der Waals surface area contributed by atoms with Gasteiger partial charge in [-0.05, 0) is 62.2 Å². The van der Waals surface area contributed by atoms with Gasteiger partial charge in [-0.3, -0.25) is 14.5 Å². The SMILES string of the molecule is O=C(c1ccc2c(c1)OCCO2)C1CCN(CC(=O)N2CCc3ccccc32)CC1. The second-order valence-electron chi connectivity index (χ2n) is 8.20. The van der Waals surface area contributed by atoms with Gasteiger partial charge >= 0.3 is 0 Å². The van der Waals surface area contributed by atoms with Gasteiger partial charge in [0.05, 0.1) is 6.54 Å². The Morgan fingerprint density at radius 2 is 1.70 bits per heavy atom. The molecule has 2 aromatic rings. The van der Waals surface area contributed by atoms with E-state index < -0.39 is 0 Å². The fourth-order valence-electron chi connectivity index (χ4n) is 4.66. The Morgan fingerprint density at radius 3 is 2.53 bits per heavy atom. The molecule has 0 N–H and O–H groups in total. The summed E-state index contributed by atoms with van der Waals surface area (Å²) in [5, 5.41) is 0. The van der Waals surface area contributed by atoms with Crippen LogP contribution in [0.2, 0.25) is 0 Å². The number of anilines is 1. The molecule has 1 fully saturated rings. The minimum Gasteiger partial charge on any atom is -0.486 e. The van der Waals surface area contributed by atoms with E-state index in [0.29, 0.717) is 36.8 Å². The highest BCUT2D eigenvalue weighted by Crippen LogP contribution is 2.33. The van der Waals surface area contributed by atoms with Gasteiger partial charge in [-0.15, -0.1) is 0 Å². The summed E-state index contributed by atoms with van der Waals surface area (Å²) < 4.78 is 11.1. The van der Waals surface area contributed by atoms with Crippen molar-refractivity contribution in [2.45, 2.75) is 19.3 Å². The lowest BCUT2D eigenvalue weighted by atomic mass is 9.88. The van der Waals surface area contributed by atoms with Crippen molar-refractivity contribution in [2.75, 3.05) is 44.3 Å². The monoisotopic (exact) mass is 406 g/mol. The Morgan fingerprint density at radius 1 is 0.933 bits per heavy atom. The highest BCUT2D eigenvalue weighted by molar-refractivity contribution is 5.99. The first-order valence-corrected chi connectivity index (χ1v) is 10.7. The van der Waals surface area contributed by atoms with Crippen molar-refractivity contribution < 1.29 is 19.1 Å². The van der Waals surface area contributed by atoms with Crippen LogP contribution >= 0.6 is 0 Å². The van der Waals surface area contributed by atoms with E-state index in [-0.39, 0.29) is 17.6 Å². The summed E-state index contributed by atoms with van der Waals surface area (Å²) in [4.78, 5) is 29.9. The number of amides is 1. The third-order valence-electron chi connectivity index (χ3n) is 6.33. The third kappa shape index (κ3) is 3.67. The van der Waals surface area contributed by atoms with Crippen molar-refractivity contribution in [1.29, 1.82) is 0 Å². The normalized spacial score (nSPS) is 18.9. The molecule has 1 amide bonds. The molecule has 6 heteroatoms. The number of carbonyl (C=O) groups is 2. The number of piperidine rings is 1. The van der Waals surface area contributed by atoms with Crippen LogP contribution in [0.4, 0.5) is 5.69 Å². The number of Topliss-reactive ketones (excluding diaryl/α,β-unsaturated/α-hetero) is 1. The average molecular weight is 406 g/mol. The molecule has 0 radical (unpaired) electrons. The van der Waals surface area contributed by atoms with Gasteiger partial charge in [0.15, 0.2) is 17.3 Å². The summed E-state index contributed by atoms with van der Waals surface area (Å²) in [6, 6.07) is 13.6. The van der Waals surface area contributed by atoms with Crippen LogP contribution in [0.1, 0.15) is 28.8 Å². The molecule has 1 saturated heterocycles. The predicted molar refractivity (Wildman–Crippen MR) is 113 cm³/mol. The number of benzene rings is 2. The topological polar surface area (TPSA) is 59.1 Å². The Kier molecular flexibility index (Phi) is 5.17. The zero-order valence-corrected chi connectivity index (χ0v) is 17.0. The summed E-state index contributed by atoms with van der Waals surface area (Å²) in [5.41, 5.74) is 2.98. The van der Waals surface area contributed by atoms with E-state index in [4.69, 9.17) is 9.47 Å². The molecule has 3 aliphatic rings. The predicted octanol–water partition coefficient (Wildman–Crippen LogP) is 2.94. The maximum Gasteiger partial charge on any atom is 0.241 e. The number of likely N-dealkylation sites (tertiary alicyclic amines) is 1. The standard InChI is InChI=1S/C24H26N2O4/c27-23(26-12-9-17-3-1-2-4-20(17)26)16-25-10-7-18(8-11-25)24(28)19-5-6-21-22(15-19)30-14-13-29-21/h1-6,15,18H,7-14,16H2. The summed E-state index contributed by atoms with van der Waals surface area (Å²) >= 11 is 0. The number of ketones is 1. The molecule has 0 unspecified atom stereocenters. The lowest BCUT2D eigenvalue weighted by Crippen LogP contribution is -2.44. The van der Waals surface area contributed by atoms with E-state index in [2.05, 4.69) is 11.0 Å². The second kappa shape index (κ2) is 8.11. The van der Waals surface area contributed by atoms with Crippen molar-refractivity contribution in [1.82, 2.24) is 4.90 Å². The number of hydrogen-bond acceptors (Lipinski definition) is 5. The van der Waals surface area contributed by atoms with Crippen LogP contribution in [-0.2, 0) is 11.2 Å². The lowest BCUT2D eigenvalue weighted by molar-refractivity contribution is -0.119. The zero-order chi connectivity index (χ0) is 20.5. The van der Waals surface area contributed by atoms with Crippen LogP contribution in [0.25, 0.3) is 0 Å². The molecule has 156 valence electrons. The van der Waals surface area contributed by atoms with Gasteiger partial charge in [0, 0.05) is 23.7 Å². The van der Waals surface area contributed by atoms with Crippen molar-refractivity contribution in [3.8, 4) is 11.5 Å². The molecule has 0 atom stereocenters. The molecule has 30 heavy (non-hydrogen) atoms. The molecule has 6 nitrogen and oxygen atoms in total. The number of rotatable bonds is 4. The first-order valence-electron chi connectivity index (χ1n) is 10.7. The van der Waals surface area contributed by atoms with Crippen LogP contribution in [0, 0.1) is 5.92 Å². The van der Waals surface area contributed by atoms with Gasteiger partial charge in [-0.1, -0.05) is 18.2 Å². The van der Waals surface area contributed by atoms with E-state index in [1.54, 1.807) is 6.07 Å². The maximum absolute atomic E-state index is 13.0. The van der Waals surface area contributed by atoms with Crippen molar-refractivity contribution in [3.63, 3.8) is 0 Å². The van der Waals surface area contributed by atoms with Gasteiger partial charge in [0.25, 0.3) is 0 Å². The van der Waals surface area contributed by atoms with Crippen molar-refractivity contribution in [2.24, 2.45) is 5.92 Å². The number of nitrogens with zero attached hydrogens (tertiary/aromatic N) is 2. The van der Waals surface area contributed by atoms with E-state index in [1.165, 1.54) is 5.56 Å². The minimum atomic E-state index is -0.00794. The van der Waals surface area contributed by atoms with Crippen LogP contribution in [-0.4, -0.2) is 56.0 Å². The average Bonchev–Trinajstić information content (AvgIpc) is 3.23. The molecule has 0 spiro atoms. The molecule has 5 rings (SSSR count). The summed E-state index contributed by atoms with van der Waals surface area (Å²) in [6.07, 6.45) is 2.47. The van der Waals surface area contributed by atoms with Gasteiger partial charge in [-0.25, -0.2) is 0 Å². The molecule has 0 aromatic heterocycles. The molecule has 0 aliphatic carbocycles. The molecular weight excluding hydrogens is 380 g/mol. The summed E-state index contributed by atoms with van der Waals surface area (Å²) in [5.74, 6) is 1.66. The molecule has 3 heterocycles. The summed E-state index contributed by atoms with van der Waals surface area (Å²) in [6.45, 7) is 3.76. The number of carbonyl (C=O) groups excluding carboxylic acids is 2. The largest absolute Gasteiger partial charge is 0.486 e. The quantitative estimate of drug-likeness (QED) is 0.731. The maximum atomic E-state index is 13.0. The Labute approximate surface area is 176 Å². The van der Waals surface area contributed by atoms with Crippen molar-refractivity contribution in [3.05, 3.63) is 53.6 Å². The van der Waals surface area contributed by atoms with E-state index >= 15 is 0 Å². The van der Waals surface area contributed by atoms with Gasteiger partial charge in [0.2, 0.25) is 5.91 Å². The number of hydrogen-bond donors (Lipinski definition) is 0. The van der Waals surface area contributed by atoms with Crippen LogP contribution < -0.4 is 14.4 Å². The highest BCUT2D eigenvalue weighted by Gasteiger charge is 2.30. The highest BCUT2D eigenvalue weighted by atomic mass is 16.6. The number of para-hydroxylation sites is 1. The van der Waals surface area contributed by atoms with Crippen LogP contribution in [0.15, 0.2) is 42.5 Å². The van der Waals surface area contributed by atoms with E-state index in [9.17, 15) is 9.59 Å². The van der Waals surface area contributed by atoms with Gasteiger partial charge < -0.3 is 14.4 Å². The fraction of sp³-hybridized carbons (Fsp3) is 0.417.